The zero-order valence-corrected chi connectivity index (χ0v) is 11.1. The van der Waals surface area contributed by atoms with E-state index in [0.29, 0.717) is 4.88 Å². The smallest absolute Gasteiger partial charge is 0.408 e. The molecule has 5 nitrogen and oxygen atoms in total. The minimum Gasteiger partial charge on any atom is -0.444 e. The summed E-state index contributed by atoms with van der Waals surface area (Å²) in [6.07, 6.45) is 0.959. The number of nitrogens with one attached hydrogen (secondary N) is 1. The second-order valence-electron chi connectivity index (χ2n) is 4.61. The van der Waals surface area contributed by atoms with Crippen molar-refractivity contribution in [2.24, 2.45) is 0 Å². The third-order valence-corrected chi connectivity index (χ3v) is 2.57. The maximum Gasteiger partial charge on any atom is 0.408 e. The number of aromatic nitrogens is 1. The molecule has 0 saturated carbocycles. The first-order chi connectivity index (χ1) is 7.79. The third kappa shape index (κ3) is 4.52. The van der Waals surface area contributed by atoms with Crippen LogP contribution in [0.15, 0.2) is 12.3 Å². The van der Waals surface area contributed by atoms with E-state index >= 15 is 0 Å². The Labute approximate surface area is 104 Å². The lowest BCUT2D eigenvalue weighted by atomic mass is 10.2. The number of alkyl carbamates (subject to hydrolysis) is 1. The predicted octanol–water partition coefficient (Wildman–Crippen LogP) is 2.24. The average Bonchev–Trinajstić information content (AvgIpc) is 2.65. The highest BCUT2D eigenvalue weighted by Gasteiger charge is 2.22. The molecule has 0 aliphatic heterocycles. The van der Waals surface area contributed by atoms with Crippen molar-refractivity contribution in [1.82, 2.24) is 9.69 Å². The van der Waals surface area contributed by atoms with Gasteiger partial charge >= 0.3 is 6.09 Å². The number of rotatable bonds is 3. The van der Waals surface area contributed by atoms with Crippen molar-refractivity contribution >= 4 is 23.4 Å². The molecule has 1 N–H and O–H groups in total. The molecule has 1 unspecified atom stereocenters. The Kier molecular flexibility index (Phi) is 4.22. The summed E-state index contributed by atoms with van der Waals surface area (Å²) in [6.45, 7) is 6.92. The molecule has 0 aliphatic carbocycles. The van der Waals surface area contributed by atoms with Crippen molar-refractivity contribution in [2.45, 2.75) is 39.3 Å². The van der Waals surface area contributed by atoms with Crippen LogP contribution < -0.4 is 5.32 Å². The van der Waals surface area contributed by atoms with E-state index in [0.717, 1.165) is 11.5 Å². The third-order valence-electron chi connectivity index (χ3n) is 1.81. The van der Waals surface area contributed by atoms with Crippen LogP contribution in [0.3, 0.4) is 0 Å². The van der Waals surface area contributed by atoms with Crippen LogP contribution in [-0.2, 0) is 4.74 Å². The number of amides is 1. The zero-order chi connectivity index (χ0) is 13.1. The van der Waals surface area contributed by atoms with Crippen LogP contribution in [0.25, 0.3) is 0 Å². The first kappa shape index (κ1) is 13.6. The van der Waals surface area contributed by atoms with Crippen LogP contribution in [0.2, 0.25) is 0 Å². The van der Waals surface area contributed by atoms with Crippen LogP contribution in [0.5, 0.6) is 0 Å². The molecule has 0 saturated heterocycles. The van der Waals surface area contributed by atoms with Gasteiger partial charge in [0.05, 0.1) is 10.9 Å². The molecule has 17 heavy (non-hydrogen) atoms. The number of carbonyl (C=O) groups excluding carboxylic acids is 2. The Bertz CT molecular complexity index is 395. The molecule has 0 fully saturated rings. The molecule has 0 spiro atoms. The maximum absolute atomic E-state index is 11.8. The Balaban J connectivity index is 2.52. The van der Waals surface area contributed by atoms with Crippen molar-refractivity contribution in [2.75, 3.05) is 0 Å². The van der Waals surface area contributed by atoms with E-state index in [-0.39, 0.29) is 5.78 Å². The van der Waals surface area contributed by atoms with Gasteiger partial charge in [0.2, 0.25) is 0 Å². The van der Waals surface area contributed by atoms with Gasteiger partial charge in [0.1, 0.15) is 5.60 Å². The van der Waals surface area contributed by atoms with Crippen LogP contribution in [0, 0.1) is 0 Å². The van der Waals surface area contributed by atoms with Crippen molar-refractivity contribution < 1.29 is 14.3 Å². The molecule has 0 aliphatic rings. The molecular formula is C11H16N2O3S. The van der Waals surface area contributed by atoms with E-state index < -0.39 is 17.7 Å². The van der Waals surface area contributed by atoms with Crippen LogP contribution in [-0.4, -0.2) is 27.9 Å². The molecule has 0 radical (unpaired) electrons. The minimum absolute atomic E-state index is 0.168. The zero-order valence-electron chi connectivity index (χ0n) is 10.3. The molecule has 0 aromatic carbocycles. The minimum atomic E-state index is -0.620. The summed E-state index contributed by atoms with van der Waals surface area (Å²) in [5.74, 6) is -0.168. The van der Waals surface area contributed by atoms with Crippen molar-refractivity contribution in [3.63, 3.8) is 0 Å². The number of ketones is 1. The molecule has 6 heteroatoms. The van der Waals surface area contributed by atoms with Gasteiger partial charge < -0.3 is 10.1 Å². The second-order valence-corrected chi connectivity index (χ2v) is 5.44. The lowest BCUT2D eigenvalue weighted by molar-refractivity contribution is 0.0497. The molecule has 1 rings (SSSR count). The summed E-state index contributed by atoms with van der Waals surface area (Å²) in [6, 6.07) is 1.01. The standard InChI is InChI=1S/C11H16N2O3S/c1-7(9(14)8-5-6-12-17-8)13-10(15)16-11(2,3)4/h5-7H,1-4H3,(H,13,15). The first-order valence-electron chi connectivity index (χ1n) is 5.24. The van der Waals surface area contributed by atoms with Gasteiger partial charge in [0, 0.05) is 6.20 Å². The second kappa shape index (κ2) is 5.27. The lowest BCUT2D eigenvalue weighted by Gasteiger charge is -2.21. The van der Waals surface area contributed by atoms with E-state index in [2.05, 4.69) is 9.69 Å². The van der Waals surface area contributed by atoms with Crippen molar-refractivity contribution in [1.29, 1.82) is 0 Å². The molecule has 1 heterocycles. The summed E-state index contributed by atoms with van der Waals surface area (Å²) in [5, 5.41) is 2.49. The number of hydrogen-bond acceptors (Lipinski definition) is 5. The maximum atomic E-state index is 11.8. The van der Waals surface area contributed by atoms with Gasteiger partial charge in [-0.2, -0.15) is 0 Å². The predicted molar refractivity (Wildman–Crippen MR) is 65.3 cm³/mol. The van der Waals surface area contributed by atoms with Crippen LogP contribution in [0.4, 0.5) is 4.79 Å². The Morgan fingerprint density at radius 1 is 1.47 bits per heavy atom. The molecule has 0 bridgehead atoms. The largest absolute Gasteiger partial charge is 0.444 e. The van der Waals surface area contributed by atoms with Gasteiger partial charge in [-0.3, -0.25) is 4.79 Å². The van der Waals surface area contributed by atoms with Crippen molar-refractivity contribution in [3.8, 4) is 0 Å². The summed E-state index contributed by atoms with van der Waals surface area (Å²) >= 11 is 1.11. The summed E-state index contributed by atoms with van der Waals surface area (Å²) in [4.78, 5) is 23.8. The monoisotopic (exact) mass is 256 g/mol. The summed E-state index contributed by atoms with van der Waals surface area (Å²) in [7, 11) is 0. The van der Waals surface area contributed by atoms with Gasteiger partial charge in [-0.1, -0.05) is 0 Å². The SMILES string of the molecule is CC(NC(=O)OC(C)(C)C)C(=O)c1ccns1. The fourth-order valence-corrected chi connectivity index (χ4v) is 1.73. The van der Waals surface area contributed by atoms with Gasteiger partial charge in [0.25, 0.3) is 0 Å². The normalized spacial score (nSPS) is 12.9. The summed E-state index contributed by atoms with van der Waals surface area (Å²) in [5.41, 5.74) is -0.572. The Morgan fingerprint density at radius 3 is 2.59 bits per heavy atom. The highest BCUT2D eigenvalue weighted by atomic mass is 32.1. The van der Waals surface area contributed by atoms with Crippen LogP contribution >= 0.6 is 11.5 Å². The molecule has 94 valence electrons. The topological polar surface area (TPSA) is 68.3 Å². The number of Topliss-reactive ketones (excluding diaryl/α,β-unsaturated/α-hetero) is 1. The molecule has 1 aromatic heterocycles. The molecule has 1 amide bonds. The fourth-order valence-electron chi connectivity index (χ4n) is 1.11. The lowest BCUT2D eigenvalue weighted by Crippen LogP contribution is -2.41. The Hall–Kier alpha value is -1.43. The van der Waals surface area contributed by atoms with Gasteiger partial charge in [-0.15, -0.1) is 0 Å². The first-order valence-corrected chi connectivity index (χ1v) is 6.01. The number of hydrogen-bond donors (Lipinski definition) is 1. The summed E-state index contributed by atoms with van der Waals surface area (Å²) < 4.78 is 8.90. The van der Waals surface area contributed by atoms with Crippen LogP contribution in [0.1, 0.15) is 37.4 Å². The molecule has 1 atom stereocenters. The highest BCUT2D eigenvalue weighted by Crippen LogP contribution is 2.10. The number of carbonyl (C=O) groups is 2. The highest BCUT2D eigenvalue weighted by molar-refractivity contribution is 7.08. The molecular weight excluding hydrogens is 240 g/mol. The van der Waals surface area contributed by atoms with E-state index in [1.165, 1.54) is 0 Å². The van der Waals surface area contributed by atoms with E-state index in [1.807, 2.05) is 0 Å². The average molecular weight is 256 g/mol. The van der Waals surface area contributed by atoms with Gasteiger partial charge in [0.15, 0.2) is 5.78 Å². The van der Waals surface area contributed by atoms with E-state index in [1.54, 1.807) is 40.0 Å². The van der Waals surface area contributed by atoms with E-state index in [9.17, 15) is 9.59 Å². The number of nitrogens with zero attached hydrogens (tertiary/aromatic N) is 1. The number of ether oxygens (including phenoxy) is 1. The molecule has 1 aromatic rings. The fraction of sp³-hybridized carbons (Fsp3) is 0.545. The van der Waals surface area contributed by atoms with Gasteiger partial charge in [-0.05, 0) is 45.3 Å². The quantitative estimate of drug-likeness (QED) is 0.842. The van der Waals surface area contributed by atoms with Crippen molar-refractivity contribution in [3.05, 3.63) is 17.1 Å². The Morgan fingerprint density at radius 2 is 2.12 bits per heavy atom. The van der Waals surface area contributed by atoms with E-state index in [4.69, 9.17) is 4.74 Å². The van der Waals surface area contributed by atoms with Gasteiger partial charge in [-0.25, -0.2) is 9.17 Å².